The molecule has 0 saturated carbocycles. The minimum atomic E-state index is 0.166. The quantitative estimate of drug-likeness (QED) is 0.516. The van der Waals surface area contributed by atoms with Crippen LogP contribution in [-0.2, 0) is 0 Å². The van der Waals surface area contributed by atoms with Crippen molar-refractivity contribution < 1.29 is 5.11 Å². The summed E-state index contributed by atoms with van der Waals surface area (Å²) in [7, 11) is 2.15. The Morgan fingerprint density at radius 3 is 2.64 bits per heavy atom. The number of aromatic amines is 1. The molecule has 2 aromatic heterocycles. The summed E-state index contributed by atoms with van der Waals surface area (Å²) in [5, 5.41) is 22.0. The van der Waals surface area contributed by atoms with Gasteiger partial charge in [-0.3, -0.25) is 0 Å². The normalized spacial score (nSPS) is 16.7. The van der Waals surface area contributed by atoms with Crippen LogP contribution in [0, 0.1) is 0 Å². The second kappa shape index (κ2) is 7.86. The number of nitrogens with zero attached hydrogens (tertiary/aromatic N) is 5. The monoisotopic (exact) mass is 436 g/mol. The fourth-order valence-corrected chi connectivity index (χ4v) is 4.50. The zero-order chi connectivity index (χ0) is 22.4. The molecule has 7 heteroatoms. The molecule has 0 aliphatic carbocycles. The lowest BCUT2D eigenvalue weighted by molar-refractivity contribution is 0.312. The minimum absolute atomic E-state index is 0.166. The molecule has 0 unspecified atom stereocenters. The standard InChI is InChI=1S/C26H24N6O/c1-31-10-12-32(13-11-31)24-9-7-18(16-27-24)25-21-15-17(6-8-23(21)29-30-25)14-20-19-4-2-3-5-22(19)28-26(20)33/h2-9,14-16,28,33H,10-13H2,1H3. The third kappa shape index (κ3) is 3.56. The van der Waals surface area contributed by atoms with E-state index in [9.17, 15) is 5.11 Å². The summed E-state index contributed by atoms with van der Waals surface area (Å²) in [6.45, 7) is 4.07. The molecule has 4 heterocycles. The van der Waals surface area contributed by atoms with E-state index in [0.717, 1.165) is 75.9 Å². The molecule has 0 amide bonds. The number of rotatable bonds is 3. The second-order valence-electron chi connectivity index (χ2n) is 8.60. The van der Waals surface area contributed by atoms with Crippen LogP contribution in [0.5, 0.6) is 5.88 Å². The summed E-state index contributed by atoms with van der Waals surface area (Å²) < 4.78 is 0. The number of aromatic nitrogens is 2. The Hall–Kier alpha value is -3.97. The van der Waals surface area contributed by atoms with Crippen molar-refractivity contribution in [1.82, 2.24) is 14.9 Å². The largest absolute Gasteiger partial charge is 0.494 e. The smallest absolute Gasteiger partial charge is 0.196 e. The molecule has 0 spiro atoms. The number of para-hydroxylation sites is 1. The predicted octanol–water partition coefficient (Wildman–Crippen LogP) is 2.23. The molecule has 4 aromatic rings. The molecule has 1 saturated heterocycles. The SMILES string of the molecule is CN1CCN(c2ccc(C3=NN=c4ccc(=Cc5c(O)[nH]c6ccccc56)cc43)cn2)CC1. The molecule has 0 atom stereocenters. The summed E-state index contributed by atoms with van der Waals surface area (Å²) >= 11 is 0. The highest BCUT2D eigenvalue weighted by atomic mass is 16.3. The summed E-state index contributed by atoms with van der Waals surface area (Å²) in [5.74, 6) is 1.17. The Morgan fingerprint density at radius 1 is 0.970 bits per heavy atom. The van der Waals surface area contributed by atoms with E-state index in [1.807, 2.05) is 48.7 Å². The van der Waals surface area contributed by atoms with Gasteiger partial charge >= 0.3 is 0 Å². The molecule has 33 heavy (non-hydrogen) atoms. The first kappa shape index (κ1) is 19.7. The highest BCUT2D eigenvalue weighted by molar-refractivity contribution is 6.13. The van der Waals surface area contributed by atoms with Gasteiger partial charge in [-0.25, -0.2) is 4.98 Å². The second-order valence-corrected chi connectivity index (χ2v) is 8.60. The predicted molar refractivity (Wildman–Crippen MR) is 130 cm³/mol. The van der Waals surface area contributed by atoms with Gasteiger partial charge in [-0.2, -0.15) is 0 Å². The molecule has 7 nitrogen and oxygen atoms in total. The zero-order valence-corrected chi connectivity index (χ0v) is 18.4. The van der Waals surface area contributed by atoms with Gasteiger partial charge in [-0.05, 0) is 48.7 Å². The van der Waals surface area contributed by atoms with Crippen LogP contribution in [0.2, 0.25) is 0 Å². The number of pyridine rings is 1. The van der Waals surface area contributed by atoms with Gasteiger partial charge in [-0.1, -0.05) is 24.3 Å². The summed E-state index contributed by atoms with van der Waals surface area (Å²) in [4.78, 5) is 12.4. The van der Waals surface area contributed by atoms with Crippen LogP contribution in [-0.4, -0.2) is 58.9 Å². The van der Waals surface area contributed by atoms with E-state index in [-0.39, 0.29) is 5.88 Å². The van der Waals surface area contributed by atoms with Crippen LogP contribution in [0.25, 0.3) is 17.0 Å². The molecular weight excluding hydrogens is 412 g/mol. The molecule has 0 radical (unpaired) electrons. The van der Waals surface area contributed by atoms with Gasteiger partial charge < -0.3 is 19.9 Å². The fraction of sp³-hybridized carbons (Fsp3) is 0.192. The topological polar surface area (TPSA) is 80.1 Å². The number of hydrogen-bond donors (Lipinski definition) is 2. The third-order valence-corrected chi connectivity index (χ3v) is 6.42. The number of H-pyrrole nitrogens is 1. The maximum atomic E-state index is 10.4. The van der Waals surface area contributed by atoms with Crippen molar-refractivity contribution in [3.05, 3.63) is 88.1 Å². The Labute approximate surface area is 191 Å². The highest BCUT2D eigenvalue weighted by Crippen LogP contribution is 2.27. The van der Waals surface area contributed by atoms with E-state index in [4.69, 9.17) is 4.98 Å². The van der Waals surface area contributed by atoms with Crippen molar-refractivity contribution in [3.8, 4) is 5.88 Å². The number of likely N-dealkylation sites (N-methyl/N-ethyl adjacent to an activating group) is 1. The molecule has 2 aromatic carbocycles. The lowest BCUT2D eigenvalue weighted by Crippen LogP contribution is -2.44. The maximum absolute atomic E-state index is 10.4. The first-order valence-electron chi connectivity index (χ1n) is 11.1. The van der Waals surface area contributed by atoms with E-state index in [1.165, 1.54) is 0 Å². The van der Waals surface area contributed by atoms with Crippen LogP contribution >= 0.6 is 0 Å². The molecule has 2 aliphatic heterocycles. The first-order chi connectivity index (χ1) is 16.2. The van der Waals surface area contributed by atoms with Gasteiger partial charge in [0.05, 0.1) is 5.36 Å². The summed E-state index contributed by atoms with van der Waals surface area (Å²) in [5.41, 5.74) is 4.42. The van der Waals surface area contributed by atoms with Crippen molar-refractivity contribution in [1.29, 1.82) is 0 Å². The lowest BCUT2D eigenvalue weighted by atomic mass is 10.0. The van der Waals surface area contributed by atoms with Gasteiger partial charge in [0.25, 0.3) is 0 Å². The van der Waals surface area contributed by atoms with Gasteiger partial charge in [0.1, 0.15) is 11.5 Å². The number of nitrogens with one attached hydrogen (secondary N) is 1. The molecule has 1 fully saturated rings. The van der Waals surface area contributed by atoms with Crippen LogP contribution in [0.3, 0.4) is 0 Å². The van der Waals surface area contributed by atoms with Crippen LogP contribution in [0.4, 0.5) is 5.82 Å². The Balaban J connectivity index is 1.33. The van der Waals surface area contributed by atoms with Crippen molar-refractivity contribution in [2.75, 3.05) is 38.1 Å². The van der Waals surface area contributed by atoms with Crippen LogP contribution in [0.1, 0.15) is 16.7 Å². The summed E-state index contributed by atoms with van der Waals surface area (Å²) in [6.07, 6.45) is 3.87. The van der Waals surface area contributed by atoms with Gasteiger partial charge in [0, 0.05) is 60.0 Å². The van der Waals surface area contributed by atoms with Crippen molar-refractivity contribution in [2.24, 2.45) is 10.2 Å². The lowest BCUT2D eigenvalue weighted by Gasteiger charge is -2.33. The molecule has 164 valence electrons. The minimum Gasteiger partial charge on any atom is -0.494 e. The average molecular weight is 437 g/mol. The Bertz CT molecular complexity index is 1490. The number of benzene rings is 2. The van der Waals surface area contributed by atoms with Crippen molar-refractivity contribution in [2.45, 2.75) is 0 Å². The Kier molecular flexibility index (Phi) is 4.69. The van der Waals surface area contributed by atoms with Crippen molar-refractivity contribution in [3.63, 3.8) is 0 Å². The van der Waals surface area contributed by atoms with Crippen molar-refractivity contribution >= 4 is 28.5 Å². The highest BCUT2D eigenvalue weighted by Gasteiger charge is 2.18. The van der Waals surface area contributed by atoms with Gasteiger partial charge in [-0.15, -0.1) is 10.2 Å². The number of anilines is 1. The van der Waals surface area contributed by atoms with E-state index < -0.39 is 0 Å². The van der Waals surface area contributed by atoms with Crippen LogP contribution in [0.15, 0.2) is 71.0 Å². The molecule has 0 bridgehead atoms. The number of fused-ring (bicyclic) bond motifs is 2. The molecule has 6 rings (SSSR count). The molecule has 2 N–H and O–H groups in total. The average Bonchev–Trinajstić information content (AvgIpc) is 3.40. The van der Waals surface area contributed by atoms with E-state index in [1.54, 1.807) is 0 Å². The number of piperazine rings is 1. The third-order valence-electron chi connectivity index (χ3n) is 6.42. The van der Waals surface area contributed by atoms with E-state index >= 15 is 0 Å². The van der Waals surface area contributed by atoms with Gasteiger partial charge in [0.15, 0.2) is 5.88 Å². The molecule has 2 aliphatic rings. The van der Waals surface area contributed by atoms with E-state index in [0.29, 0.717) is 0 Å². The Morgan fingerprint density at radius 2 is 1.82 bits per heavy atom. The van der Waals surface area contributed by atoms with Crippen LogP contribution < -0.4 is 15.5 Å². The van der Waals surface area contributed by atoms with E-state index in [2.05, 4.69) is 50.2 Å². The summed E-state index contributed by atoms with van der Waals surface area (Å²) in [6, 6.07) is 18.1. The number of hydrogen-bond acceptors (Lipinski definition) is 6. The maximum Gasteiger partial charge on any atom is 0.196 e. The van der Waals surface area contributed by atoms with Gasteiger partial charge in [0.2, 0.25) is 0 Å². The first-order valence-corrected chi connectivity index (χ1v) is 11.1. The zero-order valence-electron chi connectivity index (χ0n) is 18.4. The molecular formula is C26H24N6O. The fourth-order valence-electron chi connectivity index (χ4n) is 4.50. The number of aromatic hydroxyl groups is 1.